The Morgan fingerprint density at radius 2 is 2.31 bits per heavy atom. The number of ether oxygens (including phenoxy) is 1. The zero-order chi connectivity index (χ0) is 11.7. The predicted octanol–water partition coefficient (Wildman–Crippen LogP) is 3.48. The second-order valence-corrected chi connectivity index (χ2v) is 5.30. The molecule has 0 spiro atoms. The SMILES string of the molecule is CCOC(=O)C1Sc2c(Cl)cccc2C1C. The molecule has 16 heavy (non-hydrogen) atoms. The molecule has 1 aromatic carbocycles. The number of hydrogen-bond donors (Lipinski definition) is 0. The average Bonchev–Trinajstić information content (AvgIpc) is 2.59. The van der Waals surface area contributed by atoms with Crippen LogP contribution in [0.5, 0.6) is 0 Å². The lowest BCUT2D eigenvalue weighted by Crippen LogP contribution is -2.22. The van der Waals surface area contributed by atoms with Crippen LogP contribution < -0.4 is 0 Å². The van der Waals surface area contributed by atoms with Gasteiger partial charge in [-0.3, -0.25) is 4.79 Å². The van der Waals surface area contributed by atoms with E-state index < -0.39 is 0 Å². The number of carbonyl (C=O) groups excluding carboxylic acids is 1. The second kappa shape index (κ2) is 4.68. The lowest BCUT2D eigenvalue weighted by Gasteiger charge is -2.12. The largest absolute Gasteiger partial charge is 0.465 e. The number of carbonyl (C=O) groups is 1. The lowest BCUT2D eigenvalue weighted by atomic mass is 9.98. The molecule has 0 amide bonds. The van der Waals surface area contributed by atoms with Crippen molar-refractivity contribution in [1.29, 1.82) is 0 Å². The molecule has 4 heteroatoms. The zero-order valence-electron chi connectivity index (χ0n) is 9.20. The third-order valence-electron chi connectivity index (χ3n) is 2.71. The summed E-state index contributed by atoms with van der Waals surface area (Å²) < 4.78 is 5.06. The highest BCUT2D eigenvalue weighted by Gasteiger charge is 2.37. The van der Waals surface area contributed by atoms with Gasteiger partial charge in [0.2, 0.25) is 0 Å². The predicted molar refractivity (Wildman–Crippen MR) is 66.1 cm³/mol. The number of hydrogen-bond acceptors (Lipinski definition) is 3. The molecule has 0 aromatic heterocycles. The Hall–Kier alpha value is -0.670. The monoisotopic (exact) mass is 256 g/mol. The van der Waals surface area contributed by atoms with Crippen LogP contribution in [0.4, 0.5) is 0 Å². The molecule has 1 aliphatic heterocycles. The molecule has 1 heterocycles. The van der Waals surface area contributed by atoms with Crippen molar-refractivity contribution in [3.8, 4) is 0 Å². The standard InChI is InChI=1S/C12H13ClO2S/c1-3-15-12(14)10-7(2)8-5-4-6-9(13)11(8)16-10/h4-7,10H,3H2,1-2H3. The molecule has 0 aliphatic carbocycles. The molecule has 2 nitrogen and oxygen atoms in total. The van der Waals surface area contributed by atoms with Gasteiger partial charge in [-0.15, -0.1) is 11.8 Å². The first-order valence-corrected chi connectivity index (χ1v) is 6.52. The topological polar surface area (TPSA) is 26.3 Å². The van der Waals surface area contributed by atoms with Crippen molar-refractivity contribution in [2.24, 2.45) is 0 Å². The van der Waals surface area contributed by atoms with Gasteiger partial charge in [0.05, 0.1) is 11.6 Å². The summed E-state index contributed by atoms with van der Waals surface area (Å²) in [5, 5.41) is 0.566. The van der Waals surface area contributed by atoms with E-state index >= 15 is 0 Å². The lowest BCUT2D eigenvalue weighted by molar-refractivity contribution is -0.142. The Morgan fingerprint density at radius 1 is 1.56 bits per heavy atom. The van der Waals surface area contributed by atoms with E-state index in [1.165, 1.54) is 11.8 Å². The van der Waals surface area contributed by atoms with Crippen molar-refractivity contribution in [1.82, 2.24) is 0 Å². The second-order valence-electron chi connectivity index (χ2n) is 3.74. The maximum atomic E-state index is 11.7. The van der Waals surface area contributed by atoms with E-state index in [2.05, 4.69) is 0 Å². The van der Waals surface area contributed by atoms with Crippen LogP contribution in [0.25, 0.3) is 0 Å². The molecule has 0 saturated carbocycles. The fraction of sp³-hybridized carbons (Fsp3) is 0.417. The van der Waals surface area contributed by atoms with Gasteiger partial charge >= 0.3 is 5.97 Å². The van der Waals surface area contributed by atoms with E-state index in [-0.39, 0.29) is 17.1 Å². The molecule has 0 N–H and O–H groups in total. The van der Waals surface area contributed by atoms with Crippen LogP contribution in [0.15, 0.2) is 23.1 Å². The van der Waals surface area contributed by atoms with Crippen LogP contribution in [0.3, 0.4) is 0 Å². The van der Waals surface area contributed by atoms with Crippen molar-refractivity contribution < 1.29 is 9.53 Å². The summed E-state index contributed by atoms with van der Waals surface area (Å²) in [4.78, 5) is 12.8. The van der Waals surface area contributed by atoms with E-state index in [4.69, 9.17) is 16.3 Å². The van der Waals surface area contributed by atoms with Crippen molar-refractivity contribution >= 4 is 29.3 Å². The minimum Gasteiger partial charge on any atom is -0.465 e. The van der Waals surface area contributed by atoms with E-state index in [0.29, 0.717) is 6.61 Å². The first-order chi connectivity index (χ1) is 7.65. The summed E-state index contributed by atoms with van der Waals surface area (Å²) in [7, 11) is 0. The summed E-state index contributed by atoms with van der Waals surface area (Å²) in [5.74, 6) is 0.0185. The van der Waals surface area contributed by atoms with Gasteiger partial charge < -0.3 is 4.74 Å². The summed E-state index contributed by atoms with van der Waals surface area (Å²) >= 11 is 7.62. The molecule has 2 unspecified atom stereocenters. The molecular formula is C12H13ClO2S. The number of rotatable bonds is 2. The average molecular weight is 257 g/mol. The highest BCUT2D eigenvalue weighted by atomic mass is 35.5. The molecule has 1 aromatic rings. The Morgan fingerprint density at radius 3 is 2.94 bits per heavy atom. The van der Waals surface area contributed by atoms with Gasteiger partial charge in [-0.1, -0.05) is 30.7 Å². The number of halogens is 1. The molecular weight excluding hydrogens is 244 g/mol. The van der Waals surface area contributed by atoms with Crippen LogP contribution in [-0.4, -0.2) is 17.8 Å². The summed E-state index contributed by atoms with van der Waals surface area (Å²) in [6, 6.07) is 5.80. The van der Waals surface area contributed by atoms with Crippen LogP contribution in [0.1, 0.15) is 25.3 Å². The maximum Gasteiger partial charge on any atom is 0.320 e. The minimum absolute atomic E-state index is 0.146. The molecule has 0 fully saturated rings. The fourth-order valence-corrected chi connectivity index (χ4v) is 3.53. The molecule has 2 atom stereocenters. The van der Waals surface area contributed by atoms with E-state index in [1.54, 1.807) is 0 Å². The normalized spacial score (nSPS) is 22.9. The van der Waals surface area contributed by atoms with Gasteiger partial charge in [0.25, 0.3) is 0 Å². The van der Waals surface area contributed by atoms with Crippen molar-refractivity contribution in [3.05, 3.63) is 28.8 Å². The van der Waals surface area contributed by atoms with Gasteiger partial charge in [0, 0.05) is 10.8 Å². The van der Waals surface area contributed by atoms with E-state index in [1.807, 2.05) is 32.0 Å². The summed E-state index contributed by atoms with van der Waals surface area (Å²) in [6.45, 7) is 4.28. The van der Waals surface area contributed by atoms with Gasteiger partial charge in [0.15, 0.2) is 0 Å². The molecule has 2 rings (SSSR count). The van der Waals surface area contributed by atoms with Crippen LogP contribution in [0, 0.1) is 0 Å². The molecule has 1 aliphatic rings. The van der Waals surface area contributed by atoms with Gasteiger partial charge in [-0.05, 0) is 18.6 Å². The van der Waals surface area contributed by atoms with Crippen molar-refractivity contribution in [3.63, 3.8) is 0 Å². The number of thioether (sulfide) groups is 1. The first kappa shape index (κ1) is 11.8. The van der Waals surface area contributed by atoms with Crippen molar-refractivity contribution in [2.45, 2.75) is 29.9 Å². The minimum atomic E-state index is -0.158. The molecule has 0 saturated heterocycles. The van der Waals surface area contributed by atoms with Gasteiger partial charge in [0.1, 0.15) is 5.25 Å². The smallest absolute Gasteiger partial charge is 0.320 e. The number of fused-ring (bicyclic) bond motifs is 1. The quantitative estimate of drug-likeness (QED) is 0.758. The summed E-state index contributed by atoms with van der Waals surface area (Å²) in [6.07, 6.45) is 0. The molecule has 0 bridgehead atoms. The van der Waals surface area contributed by atoms with E-state index in [9.17, 15) is 4.79 Å². The Kier molecular flexibility index (Phi) is 3.45. The maximum absolute atomic E-state index is 11.7. The molecule has 86 valence electrons. The van der Waals surface area contributed by atoms with Crippen molar-refractivity contribution in [2.75, 3.05) is 6.61 Å². The third-order valence-corrected chi connectivity index (χ3v) is 4.68. The highest BCUT2D eigenvalue weighted by molar-refractivity contribution is 8.01. The fourth-order valence-electron chi connectivity index (χ4n) is 1.88. The Balaban J connectivity index is 2.27. The first-order valence-electron chi connectivity index (χ1n) is 5.26. The highest BCUT2D eigenvalue weighted by Crippen LogP contribution is 2.48. The van der Waals surface area contributed by atoms with E-state index in [0.717, 1.165) is 15.5 Å². The molecule has 0 radical (unpaired) electrons. The van der Waals surface area contributed by atoms with Crippen LogP contribution >= 0.6 is 23.4 Å². The van der Waals surface area contributed by atoms with Gasteiger partial charge in [-0.2, -0.15) is 0 Å². The summed E-state index contributed by atoms with van der Waals surface area (Å²) in [5.41, 5.74) is 1.15. The Labute approximate surface area is 104 Å². The van der Waals surface area contributed by atoms with Gasteiger partial charge in [-0.25, -0.2) is 0 Å². The zero-order valence-corrected chi connectivity index (χ0v) is 10.8. The van der Waals surface area contributed by atoms with Crippen LogP contribution in [-0.2, 0) is 9.53 Å². The number of esters is 1. The van der Waals surface area contributed by atoms with Crippen LogP contribution in [0.2, 0.25) is 5.02 Å². The third kappa shape index (κ3) is 1.94. The number of benzene rings is 1. The Bertz CT molecular complexity index is 419.